The van der Waals surface area contributed by atoms with Gasteiger partial charge in [0.25, 0.3) is 0 Å². The fourth-order valence-corrected chi connectivity index (χ4v) is 1.71. The number of H-pyrrole nitrogens is 1. The van der Waals surface area contributed by atoms with Gasteiger partial charge < -0.3 is 5.32 Å². The van der Waals surface area contributed by atoms with Gasteiger partial charge in [-0.25, -0.2) is 0 Å². The van der Waals surface area contributed by atoms with Crippen LogP contribution in [0.4, 0.5) is 5.69 Å². The van der Waals surface area contributed by atoms with E-state index in [4.69, 9.17) is 0 Å². The maximum Gasteiger partial charge on any atom is 0.0654 e. The van der Waals surface area contributed by atoms with Crippen LogP contribution in [0.5, 0.6) is 0 Å². The number of benzene rings is 1. The second-order valence-corrected chi connectivity index (χ2v) is 3.72. The lowest BCUT2D eigenvalue weighted by Crippen LogP contribution is -1.97. The lowest BCUT2D eigenvalue weighted by atomic mass is 10.1. The van der Waals surface area contributed by atoms with Crippen molar-refractivity contribution in [2.45, 2.75) is 13.8 Å². The summed E-state index contributed by atoms with van der Waals surface area (Å²) in [6.45, 7) is 7.97. The van der Waals surface area contributed by atoms with E-state index < -0.39 is 0 Å². The first-order valence-corrected chi connectivity index (χ1v) is 5.23. The van der Waals surface area contributed by atoms with Gasteiger partial charge in [-0.3, -0.25) is 5.10 Å². The number of allylic oxidation sites excluding steroid dienone is 2. The maximum absolute atomic E-state index is 4.03. The lowest BCUT2D eigenvalue weighted by molar-refractivity contribution is 1.12. The quantitative estimate of drug-likeness (QED) is 0.767. The first-order chi connectivity index (χ1) is 7.72. The van der Waals surface area contributed by atoms with Crippen LogP contribution < -0.4 is 5.32 Å². The zero-order valence-electron chi connectivity index (χ0n) is 9.54. The predicted molar refractivity (Wildman–Crippen MR) is 68.4 cm³/mol. The molecular weight excluding hydrogens is 198 g/mol. The molecule has 0 fully saturated rings. The molecule has 82 valence electrons. The summed E-state index contributed by atoms with van der Waals surface area (Å²) in [4.78, 5) is 0. The third-order valence-electron chi connectivity index (χ3n) is 2.56. The molecule has 2 rings (SSSR count). The number of anilines is 1. The van der Waals surface area contributed by atoms with Gasteiger partial charge in [0.15, 0.2) is 0 Å². The molecule has 16 heavy (non-hydrogen) atoms. The summed E-state index contributed by atoms with van der Waals surface area (Å²) in [5.41, 5.74) is 4.18. The molecule has 0 unspecified atom stereocenters. The molecule has 0 bridgehead atoms. The largest absolute Gasteiger partial charge is 0.356 e. The number of rotatable bonds is 3. The Morgan fingerprint density at radius 2 is 2.31 bits per heavy atom. The fraction of sp³-hybridized carbons (Fsp3) is 0.154. The van der Waals surface area contributed by atoms with Crippen molar-refractivity contribution in [1.82, 2.24) is 10.2 Å². The average molecular weight is 213 g/mol. The Balaban J connectivity index is 2.37. The van der Waals surface area contributed by atoms with E-state index in [1.165, 1.54) is 5.56 Å². The van der Waals surface area contributed by atoms with Crippen molar-refractivity contribution >= 4 is 16.6 Å². The monoisotopic (exact) mass is 213 g/mol. The zero-order chi connectivity index (χ0) is 11.5. The van der Waals surface area contributed by atoms with Crippen LogP contribution in [0.2, 0.25) is 0 Å². The predicted octanol–water partition coefficient (Wildman–Crippen LogP) is 3.37. The normalized spacial score (nSPS) is 11.1. The van der Waals surface area contributed by atoms with Crippen LogP contribution in [-0.2, 0) is 0 Å². The van der Waals surface area contributed by atoms with Gasteiger partial charge in [0, 0.05) is 16.8 Å². The molecule has 1 aromatic heterocycles. The van der Waals surface area contributed by atoms with Crippen LogP contribution in [0.15, 0.2) is 42.8 Å². The molecule has 0 radical (unpaired) electrons. The van der Waals surface area contributed by atoms with E-state index in [2.05, 4.69) is 29.0 Å². The average Bonchev–Trinajstić information content (AvgIpc) is 2.71. The number of nitrogens with zero attached hydrogens (tertiary/aromatic N) is 1. The van der Waals surface area contributed by atoms with Gasteiger partial charge in [-0.15, -0.1) is 0 Å². The highest BCUT2D eigenvalue weighted by Gasteiger charge is 2.04. The Morgan fingerprint density at radius 1 is 1.50 bits per heavy atom. The number of nitrogens with one attached hydrogen (secondary N) is 2. The molecule has 3 nitrogen and oxygen atoms in total. The van der Waals surface area contributed by atoms with E-state index in [9.17, 15) is 0 Å². The molecule has 0 atom stereocenters. The summed E-state index contributed by atoms with van der Waals surface area (Å²) >= 11 is 0. The van der Waals surface area contributed by atoms with E-state index in [0.717, 1.165) is 22.3 Å². The van der Waals surface area contributed by atoms with E-state index >= 15 is 0 Å². The molecule has 0 amide bonds. The Kier molecular flexibility index (Phi) is 2.77. The molecule has 0 aliphatic carbocycles. The van der Waals surface area contributed by atoms with Gasteiger partial charge in [-0.2, -0.15) is 5.10 Å². The minimum absolute atomic E-state index is 0.883. The Bertz CT molecular complexity index is 549. The minimum atomic E-state index is 0.883. The minimum Gasteiger partial charge on any atom is -0.356 e. The van der Waals surface area contributed by atoms with Gasteiger partial charge in [0.05, 0.1) is 11.7 Å². The second-order valence-electron chi connectivity index (χ2n) is 3.72. The van der Waals surface area contributed by atoms with Crippen LogP contribution >= 0.6 is 0 Å². The molecule has 0 aliphatic rings. The van der Waals surface area contributed by atoms with Crippen LogP contribution in [-0.4, -0.2) is 10.2 Å². The molecule has 0 saturated heterocycles. The summed E-state index contributed by atoms with van der Waals surface area (Å²) < 4.78 is 0. The topological polar surface area (TPSA) is 40.7 Å². The summed E-state index contributed by atoms with van der Waals surface area (Å²) in [5, 5.41) is 11.4. The number of aromatic nitrogens is 2. The van der Waals surface area contributed by atoms with Crippen molar-refractivity contribution in [2.75, 3.05) is 5.32 Å². The van der Waals surface area contributed by atoms with Crippen molar-refractivity contribution in [2.24, 2.45) is 0 Å². The summed E-state index contributed by atoms with van der Waals surface area (Å²) in [6.07, 6.45) is 5.74. The number of aromatic amines is 1. The molecular formula is C13H15N3. The molecule has 1 aromatic carbocycles. The third-order valence-corrected chi connectivity index (χ3v) is 2.56. The highest BCUT2D eigenvalue weighted by molar-refractivity contribution is 5.87. The Labute approximate surface area is 94.9 Å². The van der Waals surface area contributed by atoms with Crippen molar-refractivity contribution in [1.29, 1.82) is 0 Å². The van der Waals surface area contributed by atoms with Gasteiger partial charge in [0.2, 0.25) is 0 Å². The van der Waals surface area contributed by atoms with Gasteiger partial charge in [0.1, 0.15) is 0 Å². The summed E-state index contributed by atoms with van der Waals surface area (Å²) in [7, 11) is 0. The SMILES string of the molecule is C=C(/C=C\C)Nc1ccc2[nH]ncc2c1C. The maximum atomic E-state index is 4.03. The highest BCUT2D eigenvalue weighted by atomic mass is 15.1. The van der Waals surface area contributed by atoms with Gasteiger partial charge in [-0.1, -0.05) is 12.7 Å². The van der Waals surface area contributed by atoms with Crippen LogP contribution in [0, 0.1) is 6.92 Å². The third kappa shape index (κ3) is 1.84. The first kappa shape index (κ1) is 10.5. The fourth-order valence-electron chi connectivity index (χ4n) is 1.71. The van der Waals surface area contributed by atoms with Crippen LogP contribution in [0.25, 0.3) is 10.9 Å². The summed E-state index contributed by atoms with van der Waals surface area (Å²) in [6, 6.07) is 4.05. The Hall–Kier alpha value is -2.03. The van der Waals surface area contributed by atoms with Crippen LogP contribution in [0.1, 0.15) is 12.5 Å². The number of hydrogen-bond donors (Lipinski definition) is 2. The first-order valence-electron chi connectivity index (χ1n) is 5.23. The number of hydrogen-bond acceptors (Lipinski definition) is 2. The molecule has 0 aliphatic heterocycles. The standard InChI is InChI=1S/C13H15N3/c1-4-5-9(2)15-12-6-7-13-11(10(12)3)8-14-16-13/h4-8,15H,2H2,1,3H3,(H,14,16)/b5-4-. The number of aryl methyl sites for hydroxylation is 1. The Morgan fingerprint density at radius 3 is 3.06 bits per heavy atom. The van der Waals surface area contributed by atoms with Gasteiger partial charge in [-0.05, 0) is 37.6 Å². The molecule has 2 N–H and O–H groups in total. The van der Waals surface area contributed by atoms with E-state index in [0.29, 0.717) is 0 Å². The second kappa shape index (κ2) is 4.23. The van der Waals surface area contributed by atoms with Gasteiger partial charge >= 0.3 is 0 Å². The van der Waals surface area contributed by atoms with E-state index in [1.807, 2.05) is 37.4 Å². The lowest BCUT2D eigenvalue weighted by Gasteiger charge is -2.09. The summed E-state index contributed by atoms with van der Waals surface area (Å²) in [5.74, 6) is 0. The van der Waals surface area contributed by atoms with Crippen molar-refractivity contribution < 1.29 is 0 Å². The highest BCUT2D eigenvalue weighted by Crippen LogP contribution is 2.24. The van der Waals surface area contributed by atoms with Crippen molar-refractivity contribution in [3.05, 3.63) is 48.3 Å². The molecule has 0 spiro atoms. The van der Waals surface area contributed by atoms with E-state index in [-0.39, 0.29) is 0 Å². The molecule has 3 heteroatoms. The van der Waals surface area contributed by atoms with E-state index in [1.54, 1.807) is 0 Å². The van der Waals surface area contributed by atoms with Crippen molar-refractivity contribution in [3.63, 3.8) is 0 Å². The smallest absolute Gasteiger partial charge is 0.0654 e. The zero-order valence-corrected chi connectivity index (χ0v) is 9.54. The van der Waals surface area contributed by atoms with Crippen molar-refractivity contribution in [3.8, 4) is 0 Å². The molecule has 0 saturated carbocycles. The molecule has 2 aromatic rings. The molecule has 1 heterocycles. The number of fused-ring (bicyclic) bond motifs is 1. The van der Waals surface area contributed by atoms with Crippen LogP contribution in [0.3, 0.4) is 0 Å².